The number of anilines is 1. The van der Waals surface area contributed by atoms with E-state index in [1.807, 2.05) is 13.0 Å². The van der Waals surface area contributed by atoms with Crippen molar-refractivity contribution in [1.82, 2.24) is 10.3 Å². The zero-order valence-corrected chi connectivity index (χ0v) is 11.4. The molecule has 2 rings (SSSR count). The first-order chi connectivity index (χ1) is 9.56. The minimum Gasteiger partial charge on any atom is -0.306 e. The van der Waals surface area contributed by atoms with Crippen molar-refractivity contribution >= 4 is 11.7 Å². The molecule has 1 N–H and O–H groups in total. The zero-order valence-electron chi connectivity index (χ0n) is 11.4. The van der Waals surface area contributed by atoms with Gasteiger partial charge < -0.3 is 5.32 Å². The maximum atomic E-state index is 13.0. The Morgan fingerprint density at radius 1 is 1.45 bits per heavy atom. The van der Waals surface area contributed by atoms with Crippen molar-refractivity contribution < 1.29 is 13.8 Å². The lowest BCUT2D eigenvalue weighted by Crippen LogP contribution is -2.21. The number of carbonyl (C=O) groups excluding carboxylic acids is 1. The van der Waals surface area contributed by atoms with Crippen LogP contribution in [-0.2, 0) is 11.2 Å². The molecule has 1 atom stereocenters. The largest absolute Gasteiger partial charge is 0.306 e. The van der Waals surface area contributed by atoms with Crippen LogP contribution >= 0.6 is 0 Å². The molecule has 2 aromatic rings. The average molecular weight is 277 g/mol. The van der Waals surface area contributed by atoms with Crippen LogP contribution in [0.4, 0.5) is 10.2 Å². The maximum absolute atomic E-state index is 13.0. The van der Waals surface area contributed by atoms with E-state index in [2.05, 4.69) is 20.3 Å². The molecule has 1 unspecified atom stereocenters. The minimum atomic E-state index is -0.260. The molecular formula is C14H16FN3O2. The molecule has 0 saturated heterocycles. The molecule has 1 aromatic heterocycles. The molecular weight excluding hydrogens is 261 g/mol. The van der Waals surface area contributed by atoms with Crippen LogP contribution in [0.1, 0.15) is 24.6 Å². The molecule has 1 amide bonds. The summed E-state index contributed by atoms with van der Waals surface area (Å²) in [6.07, 6.45) is 1.27. The summed E-state index contributed by atoms with van der Waals surface area (Å²) in [5.74, 6) is -0.286. The van der Waals surface area contributed by atoms with Crippen LogP contribution in [0.3, 0.4) is 0 Å². The number of halogens is 1. The summed E-state index contributed by atoms with van der Waals surface area (Å²) >= 11 is 0. The van der Waals surface area contributed by atoms with Gasteiger partial charge in [-0.1, -0.05) is 24.2 Å². The highest BCUT2D eigenvalue weighted by Gasteiger charge is 2.16. The second-order valence-corrected chi connectivity index (χ2v) is 4.76. The Balaban J connectivity index is 1.87. The van der Waals surface area contributed by atoms with Crippen molar-refractivity contribution in [2.75, 3.05) is 5.32 Å². The summed E-state index contributed by atoms with van der Waals surface area (Å²) in [5.41, 5.74) is 1.42. The van der Waals surface area contributed by atoms with E-state index in [0.29, 0.717) is 24.4 Å². The van der Waals surface area contributed by atoms with Crippen molar-refractivity contribution in [2.45, 2.75) is 26.7 Å². The van der Waals surface area contributed by atoms with Gasteiger partial charge in [-0.2, -0.15) is 0 Å². The number of amides is 1. The Morgan fingerprint density at radius 3 is 2.90 bits per heavy atom. The average Bonchev–Trinajstić information content (AvgIpc) is 2.81. The Bertz CT molecular complexity index is 598. The molecule has 5 nitrogen and oxygen atoms in total. The molecule has 20 heavy (non-hydrogen) atoms. The minimum absolute atomic E-state index is 0.153. The van der Waals surface area contributed by atoms with E-state index in [-0.39, 0.29) is 17.6 Å². The fourth-order valence-corrected chi connectivity index (χ4v) is 1.79. The highest BCUT2D eigenvalue weighted by atomic mass is 19.1. The third-order valence-corrected chi connectivity index (χ3v) is 3.10. The molecule has 0 fully saturated rings. The van der Waals surface area contributed by atoms with Crippen LogP contribution in [-0.4, -0.2) is 16.2 Å². The van der Waals surface area contributed by atoms with E-state index < -0.39 is 0 Å². The SMILES string of the molecule is Cc1nonc1NC(=O)C(C)CCc1cccc(F)c1. The molecule has 0 saturated carbocycles. The standard InChI is InChI=1S/C14H16FN3O2/c1-9(6-7-11-4-3-5-12(15)8-11)14(19)16-13-10(2)17-20-18-13/h3-5,8-9H,6-7H2,1-2H3,(H,16,18,19). The van der Waals surface area contributed by atoms with Gasteiger partial charge in [-0.05, 0) is 42.6 Å². The first-order valence-electron chi connectivity index (χ1n) is 6.40. The van der Waals surface area contributed by atoms with Crippen LogP contribution < -0.4 is 5.32 Å². The van der Waals surface area contributed by atoms with Crippen LogP contribution in [0.15, 0.2) is 28.9 Å². The molecule has 1 aromatic carbocycles. The van der Waals surface area contributed by atoms with Gasteiger partial charge in [0.15, 0.2) is 5.82 Å². The van der Waals surface area contributed by atoms with Crippen LogP contribution in [0.5, 0.6) is 0 Å². The number of hydrogen-bond donors (Lipinski definition) is 1. The third-order valence-electron chi connectivity index (χ3n) is 3.10. The number of nitrogens with one attached hydrogen (secondary N) is 1. The second kappa shape index (κ2) is 6.27. The summed E-state index contributed by atoms with van der Waals surface area (Å²) in [4.78, 5) is 12.0. The van der Waals surface area contributed by atoms with Gasteiger partial charge in [-0.3, -0.25) is 4.79 Å². The Hall–Kier alpha value is -2.24. The van der Waals surface area contributed by atoms with E-state index in [0.717, 1.165) is 5.56 Å². The molecule has 0 radical (unpaired) electrons. The summed E-state index contributed by atoms with van der Waals surface area (Å²) < 4.78 is 17.6. The summed E-state index contributed by atoms with van der Waals surface area (Å²) in [6.45, 7) is 3.51. The normalized spacial score (nSPS) is 12.2. The Labute approximate surface area is 116 Å². The number of aromatic nitrogens is 2. The van der Waals surface area contributed by atoms with E-state index in [1.54, 1.807) is 13.0 Å². The molecule has 0 aliphatic rings. The van der Waals surface area contributed by atoms with Crippen molar-refractivity contribution in [3.05, 3.63) is 41.3 Å². The fraction of sp³-hybridized carbons (Fsp3) is 0.357. The molecule has 106 valence electrons. The van der Waals surface area contributed by atoms with Gasteiger partial charge in [0.2, 0.25) is 5.91 Å². The first-order valence-corrected chi connectivity index (χ1v) is 6.40. The maximum Gasteiger partial charge on any atom is 0.228 e. The van der Waals surface area contributed by atoms with Crippen molar-refractivity contribution in [3.8, 4) is 0 Å². The number of benzene rings is 1. The second-order valence-electron chi connectivity index (χ2n) is 4.76. The Kier molecular flexibility index (Phi) is 4.45. The monoisotopic (exact) mass is 277 g/mol. The molecule has 0 bridgehead atoms. The first kappa shape index (κ1) is 14.2. The van der Waals surface area contributed by atoms with E-state index >= 15 is 0 Å². The van der Waals surface area contributed by atoms with Crippen LogP contribution in [0, 0.1) is 18.7 Å². The molecule has 0 aliphatic carbocycles. The van der Waals surface area contributed by atoms with Crippen molar-refractivity contribution in [2.24, 2.45) is 5.92 Å². The molecule has 0 aliphatic heterocycles. The van der Waals surface area contributed by atoms with Crippen LogP contribution in [0.2, 0.25) is 0 Å². The Morgan fingerprint density at radius 2 is 2.25 bits per heavy atom. The molecule has 6 heteroatoms. The third kappa shape index (κ3) is 3.63. The van der Waals surface area contributed by atoms with Gasteiger partial charge in [0, 0.05) is 5.92 Å². The number of hydrogen-bond acceptors (Lipinski definition) is 4. The number of nitrogens with zero attached hydrogens (tertiary/aromatic N) is 2. The topological polar surface area (TPSA) is 68.0 Å². The van der Waals surface area contributed by atoms with Crippen molar-refractivity contribution in [1.29, 1.82) is 0 Å². The lowest BCUT2D eigenvalue weighted by Gasteiger charge is -2.10. The predicted octanol–water partition coefficient (Wildman–Crippen LogP) is 2.72. The lowest BCUT2D eigenvalue weighted by atomic mass is 10.0. The number of carbonyl (C=O) groups is 1. The number of rotatable bonds is 5. The summed E-state index contributed by atoms with van der Waals surface area (Å²) in [6, 6.07) is 6.40. The highest BCUT2D eigenvalue weighted by molar-refractivity contribution is 5.91. The van der Waals surface area contributed by atoms with Gasteiger partial charge in [-0.25, -0.2) is 9.02 Å². The highest BCUT2D eigenvalue weighted by Crippen LogP contribution is 2.14. The van der Waals surface area contributed by atoms with Gasteiger partial charge >= 0.3 is 0 Å². The van der Waals surface area contributed by atoms with E-state index in [4.69, 9.17) is 0 Å². The van der Waals surface area contributed by atoms with E-state index in [9.17, 15) is 9.18 Å². The molecule has 0 spiro atoms. The zero-order chi connectivity index (χ0) is 14.5. The fourth-order valence-electron chi connectivity index (χ4n) is 1.79. The van der Waals surface area contributed by atoms with Gasteiger partial charge in [0.1, 0.15) is 11.5 Å². The van der Waals surface area contributed by atoms with Gasteiger partial charge in [-0.15, -0.1) is 0 Å². The quantitative estimate of drug-likeness (QED) is 0.912. The van der Waals surface area contributed by atoms with Crippen LogP contribution in [0.25, 0.3) is 0 Å². The van der Waals surface area contributed by atoms with Gasteiger partial charge in [0.25, 0.3) is 0 Å². The van der Waals surface area contributed by atoms with E-state index in [1.165, 1.54) is 12.1 Å². The number of aryl methyl sites for hydroxylation is 2. The van der Waals surface area contributed by atoms with Crippen molar-refractivity contribution in [3.63, 3.8) is 0 Å². The lowest BCUT2D eigenvalue weighted by molar-refractivity contribution is -0.119. The molecule has 1 heterocycles. The summed E-state index contributed by atoms with van der Waals surface area (Å²) in [7, 11) is 0. The smallest absolute Gasteiger partial charge is 0.228 e. The predicted molar refractivity (Wildman–Crippen MR) is 71.5 cm³/mol. The summed E-state index contributed by atoms with van der Waals surface area (Å²) in [5, 5.41) is 9.85. The van der Waals surface area contributed by atoms with Gasteiger partial charge in [0.05, 0.1) is 0 Å².